The zero-order valence-corrected chi connectivity index (χ0v) is 10.9. The number of pyridine rings is 1. The van der Waals surface area contributed by atoms with Gasteiger partial charge in [0, 0.05) is 18.0 Å². The molecule has 0 N–H and O–H groups in total. The summed E-state index contributed by atoms with van der Waals surface area (Å²) in [6, 6.07) is 3.00. The number of nitrogens with zero attached hydrogens (tertiary/aromatic N) is 4. The van der Waals surface area contributed by atoms with Gasteiger partial charge in [0.05, 0.1) is 32.2 Å². The molecule has 6 nitrogen and oxygen atoms in total. The first kappa shape index (κ1) is 12.3. The molecule has 20 heavy (non-hydrogen) atoms. The highest BCUT2D eigenvalue weighted by molar-refractivity contribution is 5.61. The average Bonchev–Trinajstić information content (AvgIpc) is 2.90. The molecule has 0 saturated carbocycles. The first-order chi connectivity index (χ1) is 9.71. The summed E-state index contributed by atoms with van der Waals surface area (Å²) in [5.74, 6) is 0.899. The largest absolute Gasteiger partial charge is 0.482 e. The molecular formula is C13H11FN4O2. The van der Waals surface area contributed by atoms with Crippen LogP contribution in [0.2, 0.25) is 0 Å². The predicted octanol–water partition coefficient (Wildman–Crippen LogP) is 1.95. The highest BCUT2D eigenvalue weighted by atomic mass is 19.1. The lowest BCUT2D eigenvalue weighted by Gasteiger charge is -2.04. The van der Waals surface area contributed by atoms with E-state index in [0.717, 1.165) is 6.20 Å². The van der Waals surface area contributed by atoms with Crippen LogP contribution < -0.4 is 9.47 Å². The average molecular weight is 274 g/mol. The van der Waals surface area contributed by atoms with E-state index in [1.165, 1.54) is 26.5 Å². The molecule has 7 heteroatoms. The SMILES string of the molecule is COc1cc(OC)n2cc(-c3cncc(F)c3)nc2n1. The van der Waals surface area contributed by atoms with Gasteiger partial charge in [-0.25, -0.2) is 9.37 Å². The van der Waals surface area contributed by atoms with Crippen LogP contribution in [0.15, 0.2) is 30.7 Å². The van der Waals surface area contributed by atoms with Gasteiger partial charge in [-0.2, -0.15) is 4.98 Å². The number of ether oxygens (including phenoxy) is 2. The smallest absolute Gasteiger partial charge is 0.240 e. The molecule has 0 amide bonds. The van der Waals surface area contributed by atoms with Crippen LogP contribution in [0.4, 0.5) is 4.39 Å². The minimum atomic E-state index is -0.419. The number of rotatable bonds is 3. The normalized spacial score (nSPS) is 10.8. The maximum absolute atomic E-state index is 13.2. The molecule has 3 aromatic heterocycles. The maximum Gasteiger partial charge on any atom is 0.240 e. The minimum Gasteiger partial charge on any atom is -0.482 e. The van der Waals surface area contributed by atoms with Gasteiger partial charge in [0.25, 0.3) is 0 Å². The quantitative estimate of drug-likeness (QED) is 0.730. The van der Waals surface area contributed by atoms with Crippen molar-refractivity contribution in [3.05, 3.63) is 36.5 Å². The van der Waals surface area contributed by atoms with Gasteiger partial charge < -0.3 is 9.47 Å². The summed E-state index contributed by atoms with van der Waals surface area (Å²) in [7, 11) is 3.05. The van der Waals surface area contributed by atoms with Crippen molar-refractivity contribution in [3.63, 3.8) is 0 Å². The molecule has 0 saturated heterocycles. The molecule has 0 fully saturated rings. The van der Waals surface area contributed by atoms with Crippen molar-refractivity contribution < 1.29 is 13.9 Å². The third-order valence-electron chi connectivity index (χ3n) is 2.80. The highest BCUT2D eigenvalue weighted by Gasteiger charge is 2.12. The fraction of sp³-hybridized carbons (Fsp3) is 0.154. The van der Waals surface area contributed by atoms with Crippen LogP contribution in [0, 0.1) is 5.82 Å². The molecule has 0 radical (unpaired) electrons. The van der Waals surface area contributed by atoms with Gasteiger partial charge in [0.2, 0.25) is 17.5 Å². The molecule has 102 valence electrons. The van der Waals surface area contributed by atoms with Gasteiger partial charge in [-0.15, -0.1) is 0 Å². The number of imidazole rings is 1. The monoisotopic (exact) mass is 274 g/mol. The summed E-state index contributed by atoms with van der Waals surface area (Å²) in [6.45, 7) is 0. The van der Waals surface area contributed by atoms with E-state index in [1.807, 2.05) is 0 Å². The van der Waals surface area contributed by atoms with Crippen molar-refractivity contribution in [1.29, 1.82) is 0 Å². The Bertz CT molecular complexity index is 772. The fourth-order valence-corrected chi connectivity index (χ4v) is 1.87. The van der Waals surface area contributed by atoms with Crippen LogP contribution >= 0.6 is 0 Å². The van der Waals surface area contributed by atoms with Gasteiger partial charge >= 0.3 is 0 Å². The van der Waals surface area contributed by atoms with Crippen molar-refractivity contribution in [2.45, 2.75) is 0 Å². The number of methoxy groups -OCH3 is 2. The third kappa shape index (κ3) is 2.03. The Labute approximate surface area is 113 Å². The van der Waals surface area contributed by atoms with Crippen molar-refractivity contribution >= 4 is 5.78 Å². The lowest BCUT2D eigenvalue weighted by Crippen LogP contribution is -1.97. The standard InChI is InChI=1S/C13H11FN4O2/c1-19-11-4-12(20-2)18-7-10(16-13(18)17-11)8-3-9(14)6-15-5-8/h3-7H,1-2H3. The number of halogens is 1. The second-order valence-electron chi connectivity index (χ2n) is 4.03. The molecule has 0 bridgehead atoms. The topological polar surface area (TPSA) is 61.5 Å². The Hall–Kier alpha value is -2.70. The minimum absolute atomic E-state index is 0.392. The molecule has 3 aromatic rings. The molecule has 0 unspecified atom stereocenters. The Morgan fingerprint density at radius 3 is 2.65 bits per heavy atom. The summed E-state index contributed by atoms with van der Waals surface area (Å²) >= 11 is 0. The van der Waals surface area contributed by atoms with Crippen LogP contribution in [-0.4, -0.2) is 33.6 Å². The second kappa shape index (κ2) is 4.76. The summed E-state index contributed by atoms with van der Waals surface area (Å²) in [4.78, 5) is 12.3. The lowest BCUT2D eigenvalue weighted by atomic mass is 10.2. The van der Waals surface area contributed by atoms with E-state index in [2.05, 4.69) is 15.0 Å². The maximum atomic E-state index is 13.2. The molecule has 3 rings (SSSR count). The van der Waals surface area contributed by atoms with Crippen LogP contribution in [0.3, 0.4) is 0 Å². The number of hydrogen-bond donors (Lipinski definition) is 0. The number of fused-ring (bicyclic) bond motifs is 1. The number of hydrogen-bond acceptors (Lipinski definition) is 5. The first-order valence-corrected chi connectivity index (χ1v) is 5.80. The van der Waals surface area contributed by atoms with Gasteiger partial charge in [0.15, 0.2) is 0 Å². The zero-order valence-electron chi connectivity index (χ0n) is 10.9. The van der Waals surface area contributed by atoms with Gasteiger partial charge in [-0.05, 0) is 6.07 Å². The lowest BCUT2D eigenvalue weighted by molar-refractivity contribution is 0.369. The molecule has 0 aliphatic rings. The molecule has 0 atom stereocenters. The van der Waals surface area contributed by atoms with Crippen LogP contribution in [-0.2, 0) is 0 Å². The highest BCUT2D eigenvalue weighted by Crippen LogP contribution is 2.24. The molecule has 0 aliphatic heterocycles. The Balaban J connectivity index is 2.19. The molecule has 3 heterocycles. The molecule has 0 spiro atoms. The second-order valence-corrected chi connectivity index (χ2v) is 4.03. The number of aromatic nitrogens is 4. The van der Waals surface area contributed by atoms with E-state index < -0.39 is 5.82 Å². The van der Waals surface area contributed by atoms with E-state index in [-0.39, 0.29) is 0 Å². The molecular weight excluding hydrogens is 263 g/mol. The van der Waals surface area contributed by atoms with Crippen LogP contribution in [0.1, 0.15) is 0 Å². The fourth-order valence-electron chi connectivity index (χ4n) is 1.87. The Morgan fingerprint density at radius 2 is 1.95 bits per heavy atom. The van der Waals surface area contributed by atoms with Crippen molar-refractivity contribution in [1.82, 2.24) is 19.4 Å². The van der Waals surface area contributed by atoms with E-state index in [1.54, 1.807) is 16.7 Å². The molecule has 0 aromatic carbocycles. The summed E-state index contributed by atoms with van der Waals surface area (Å²) < 4.78 is 25.2. The zero-order chi connectivity index (χ0) is 14.1. The molecule has 0 aliphatic carbocycles. The van der Waals surface area contributed by atoms with Crippen molar-refractivity contribution in [3.8, 4) is 23.0 Å². The van der Waals surface area contributed by atoms with E-state index in [0.29, 0.717) is 28.8 Å². The van der Waals surface area contributed by atoms with Gasteiger partial charge in [-0.1, -0.05) is 0 Å². The van der Waals surface area contributed by atoms with E-state index in [4.69, 9.17) is 9.47 Å². The first-order valence-electron chi connectivity index (χ1n) is 5.80. The Kier molecular flexibility index (Phi) is 2.94. The van der Waals surface area contributed by atoms with Gasteiger partial charge in [-0.3, -0.25) is 9.38 Å². The van der Waals surface area contributed by atoms with E-state index >= 15 is 0 Å². The van der Waals surface area contributed by atoms with Crippen LogP contribution in [0.25, 0.3) is 17.0 Å². The van der Waals surface area contributed by atoms with Crippen LogP contribution in [0.5, 0.6) is 11.8 Å². The summed E-state index contributed by atoms with van der Waals surface area (Å²) in [5.41, 5.74) is 1.12. The predicted molar refractivity (Wildman–Crippen MR) is 69.3 cm³/mol. The van der Waals surface area contributed by atoms with Crippen molar-refractivity contribution in [2.75, 3.05) is 14.2 Å². The summed E-state index contributed by atoms with van der Waals surface area (Å²) in [6.07, 6.45) is 4.38. The van der Waals surface area contributed by atoms with Gasteiger partial charge in [0.1, 0.15) is 5.82 Å². The Morgan fingerprint density at radius 1 is 1.10 bits per heavy atom. The summed E-state index contributed by atoms with van der Waals surface area (Å²) in [5, 5.41) is 0. The third-order valence-corrected chi connectivity index (χ3v) is 2.80. The van der Waals surface area contributed by atoms with E-state index in [9.17, 15) is 4.39 Å². The van der Waals surface area contributed by atoms with Crippen molar-refractivity contribution in [2.24, 2.45) is 0 Å².